The summed E-state index contributed by atoms with van der Waals surface area (Å²) in [6, 6.07) is 63.5. The van der Waals surface area contributed by atoms with Crippen LogP contribution < -0.4 is 31.0 Å². The van der Waals surface area contributed by atoms with Gasteiger partial charge in [-0.3, -0.25) is 9.36 Å². The number of aromatic nitrogens is 2. The van der Waals surface area contributed by atoms with Crippen molar-refractivity contribution < 1.29 is 37.3 Å². The molecule has 4 heterocycles. The SMILES string of the molecule is COC1(O[C@@H]2[C@H](OC3(c4ccccc4)c4ccccc4Oc4ccccc43)[C@@H](CO[Si](c3ccccc3)(c3ccccc3)C(C)(C)C)O[C@H]2n2ccc(NC(=O)c3ccccc3)nc2=O)CCN(c2ccccc2F)CC1. The van der Waals surface area contributed by atoms with Gasteiger partial charge in [-0.1, -0.05) is 178 Å². The monoisotopic (exact) mass is 1050 g/mol. The molecule has 0 radical (unpaired) electrons. The molecule has 392 valence electrons. The van der Waals surface area contributed by atoms with Crippen molar-refractivity contribution in [2.24, 2.45) is 0 Å². The summed E-state index contributed by atoms with van der Waals surface area (Å²) in [6.07, 6.45) is -2.11. The van der Waals surface area contributed by atoms with Gasteiger partial charge in [0, 0.05) is 55.9 Å². The van der Waals surface area contributed by atoms with Crippen LogP contribution in [0.5, 0.6) is 11.5 Å². The topological polar surface area (TPSA) is 123 Å². The molecule has 2 saturated heterocycles. The number of halogens is 1. The van der Waals surface area contributed by atoms with E-state index in [9.17, 15) is 9.59 Å². The first-order valence-electron chi connectivity index (χ1n) is 26.1. The predicted octanol–water partition coefficient (Wildman–Crippen LogP) is 10.6. The normalized spacial score (nSPS) is 19.6. The fraction of sp³-hybridized carbons (Fsp3) is 0.254. The van der Waals surface area contributed by atoms with Crippen LogP contribution in [0.2, 0.25) is 5.04 Å². The molecule has 12 nitrogen and oxygen atoms in total. The molecule has 0 spiro atoms. The second kappa shape index (κ2) is 21.5. The molecule has 7 aromatic carbocycles. The fourth-order valence-electron chi connectivity index (χ4n) is 11.5. The molecule has 0 unspecified atom stereocenters. The third-order valence-electron chi connectivity index (χ3n) is 15.2. The number of fused-ring (bicyclic) bond motifs is 2. The molecule has 14 heteroatoms. The maximum atomic E-state index is 15.4. The van der Waals surface area contributed by atoms with Crippen LogP contribution in [0.25, 0.3) is 0 Å². The number of hydrogen-bond acceptors (Lipinski definition) is 10. The lowest BCUT2D eigenvalue weighted by molar-refractivity contribution is -0.282. The summed E-state index contributed by atoms with van der Waals surface area (Å²) in [4.78, 5) is 34.6. The second-order valence-electron chi connectivity index (χ2n) is 20.7. The minimum atomic E-state index is -3.27. The lowest BCUT2D eigenvalue weighted by Gasteiger charge is -2.47. The van der Waals surface area contributed by atoms with E-state index >= 15 is 4.39 Å². The Morgan fingerprint density at radius 1 is 0.701 bits per heavy atom. The van der Waals surface area contributed by atoms with Gasteiger partial charge in [0.2, 0.25) is 0 Å². The molecule has 0 saturated carbocycles. The van der Waals surface area contributed by atoms with Crippen molar-refractivity contribution in [3.8, 4) is 11.5 Å². The maximum Gasteiger partial charge on any atom is 0.351 e. The molecule has 0 bridgehead atoms. The van der Waals surface area contributed by atoms with Crippen molar-refractivity contribution in [1.29, 1.82) is 0 Å². The summed E-state index contributed by atoms with van der Waals surface area (Å²) in [5, 5.41) is 4.51. The van der Waals surface area contributed by atoms with Crippen molar-refractivity contribution in [3.05, 3.63) is 245 Å². The first-order chi connectivity index (χ1) is 37.4. The summed E-state index contributed by atoms with van der Waals surface area (Å²) < 4.78 is 60.8. The Hall–Kier alpha value is -7.56. The van der Waals surface area contributed by atoms with E-state index in [-0.39, 0.29) is 18.2 Å². The van der Waals surface area contributed by atoms with E-state index in [0.29, 0.717) is 48.7 Å². The number of piperidine rings is 1. The van der Waals surface area contributed by atoms with Gasteiger partial charge in [-0.2, -0.15) is 4.98 Å². The summed E-state index contributed by atoms with van der Waals surface area (Å²) in [7, 11) is -1.66. The van der Waals surface area contributed by atoms with Crippen LogP contribution >= 0.6 is 0 Å². The zero-order valence-corrected chi connectivity index (χ0v) is 44.5. The van der Waals surface area contributed by atoms with Gasteiger partial charge in [0.15, 0.2) is 17.6 Å². The van der Waals surface area contributed by atoms with Crippen LogP contribution in [0.15, 0.2) is 211 Å². The van der Waals surface area contributed by atoms with Gasteiger partial charge in [-0.05, 0) is 63.4 Å². The summed E-state index contributed by atoms with van der Waals surface area (Å²) >= 11 is 0. The van der Waals surface area contributed by atoms with E-state index in [4.69, 9.17) is 28.1 Å². The number of nitrogens with one attached hydrogen (secondary N) is 1. The van der Waals surface area contributed by atoms with E-state index in [1.807, 2.05) is 132 Å². The molecule has 1 amide bonds. The Morgan fingerprint density at radius 2 is 1.25 bits per heavy atom. The lowest BCUT2D eigenvalue weighted by Crippen LogP contribution is -2.67. The number of carbonyl (C=O) groups is 1. The highest BCUT2D eigenvalue weighted by atomic mass is 28.4. The first kappa shape index (κ1) is 51.5. The van der Waals surface area contributed by atoms with Gasteiger partial charge < -0.3 is 38.3 Å². The zero-order chi connectivity index (χ0) is 53.2. The number of methoxy groups -OCH3 is 1. The number of benzene rings is 7. The molecule has 3 aliphatic rings. The average molecular weight is 1050 g/mol. The lowest BCUT2D eigenvalue weighted by atomic mass is 9.77. The Labute approximate surface area is 449 Å². The van der Waals surface area contributed by atoms with E-state index in [2.05, 4.69) is 55.3 Å². The molecule has 2 fully saturated rings. The van der Waals surface area contributed by atoms with Crippen molar-refractivity contribution in [2.75, 3.05) is 37.0 Å². The molecule has 0 aliphatic carbocycles. The Balaban J connectivity index is 1.09. The molecule has 3 aliphatic heterocycles. The van der Waals surface area contributed by atoms with Crippen LogP contribution in [-0.2, 0) is 29.0 Å². The third-order valence-corrected chi connectivity index (χ3v) is 20.2. The van der Waals surface area contributed by atoms with E-state index in [0.717, 1.165) is 27.1 Å². The second-order valence-corrected chi connectivity index (χ2v) is 25.0. The molecule has 1 N–H and O–H groups in total. The van der Waals surface area contributed by atoms with Gasteiger partial charge in [-0.25, -0.2) is 9.18 Å². The number of carbonyl (C=O) groups excluding carboxylic acids is 1. The molecule has 77 heavy (non-hydrogen) atoms. The summed E-state index contributed by atoms with van der Waals surface area (Å²) in [5.74, 6) is -0.763. The molecular formula is C63H61FN4O8Si. The number of para-hydroxylation sites is 3. The molecular weight excluding hydrogens is 988 g/mol. The molecule has 8 aromatic rings. The summed E-state index contributed by atoms with van der Waals surface area (Å²) in [6.45, 7) is 7.43. The standard InChI is InChI=1S/C63H61FN4O8Si/c1-61(2,3)77(46-27-13-7-14-28-46,47-29-15-8-16-30-47)72-43-54-56(76-63(45-25-11-6-12-26-45)48-31-17-21-35-52(48)73-53-36-22-18-32-49(53)63)57(75-62(71-4)38-41-67(42-39-62)51-34-20-19-33-50(51)64)59(74-54)68-40-37-55(66-60(68)70)65-58(69)44-23-9-5-10-24-44/h5-37,40,54,56-57,59H,38-39,41-43H2,1-4H3,(H,65,66,69,70)/t54-,56-,57-,59-/m1/s1. The fourth-order valence-corrected chi connectivity index (χ4v) is 16.1. The van der Waals surface area contributed by atoms with Gasteiger partial charge in [-0.15, -0.1) is 0 Å². The van der Waals surface area contributed by atoms with Crippen molar-refractivity contribution in [1.82, 2.24) is 9.55 Å². The Bertz CT molecular complexity index is 3310. The highest BCUT2D eigenvalue weighted by Gasteiger charge is 2.59. The zero-order valence-electron chi connectivity index (χ0n) is 43.5. The molecule has 11 rings (SSSR count). The predicted molar refractivity (Wildman–Crippen MR) is 297 cm³/mol. The quantitative estimate of drug-likeness (QED) is 0.0784. The largest absolute Gasteiger partial charge is 0.457 e. The van der Waals surface area contributed by atoms with Crippen LogP contribution in [0.1, 0.15) is 66.9 Å². The highest BCUT2D eigenvalue weighted by Crippen LogP contribution is 2.55. The minimum absolute atomic E-state index is 0.00654. The van der Waals surface area contributed by atoms with E-state index in [1.54, 1.807) is 55.8 Å². The smallest absolute Gasteiger partial charge is 0.351 e. The van der Waals surface area contributed by atoms with Gasteiger partial charge in [0.1, 0.15) is 41.4 Å². The third kappa shape index (κ3) is 9.70. The number of anilines is 2. The number of nitrogens with zero attached hydrogens (tertiary/aromatic N) is 3. The van der Waals surface area contributed by atoms with Gasteiger partial charge in [0.25, 0.3) is 14.2 Å². The Morgan fingerprint density at radius 3 is 1.82 bits per heavy atom. The maximum absolute atomic E-state index is 15.4. The minimum Gasteiger partial charge on any atom is -0.457 e. The average Bonchev–Trinajstić information content (AvgIpc) is 3.94. The summed E-state index contributed by atoms with van der Waals surface area (Å²) in [5.41, 5.74) is 1.13. The molecule has 1 aromatic heterocycles. The van der Waals surface area contributed by atoms with Crippen LogP contribution in [0, 0.1) is 5.82 Å². The number of ether oxygens (including phenoxy) is 5. The number of rotatable bonds is 15. The van der Waals surface area contributed by atoms with Gasteiger partial charge >= 0.3 is 5.69 Å². The van der Waals surface area contributed by atoms with Crippen LogP contribution in [-0.4, -0.2) is 74.7 Å². The molecule has 4 atom stereocenters. The van der Waals surface area contributed by atoms with Crippen molar-refractivity contribution in [3.63, 3.8) is 0 Å². The first-order valence-corrected chi connectivity index (χ1v) is 28.0. The Kier molecular flexibility index (Phi) is 14.4. The number of hydrogen-bond donors (Lipinski definition) is 1. The van der Waals surface area contributed by atoms with Crippen molar-refractivity contribution >= 4 is 36.1 Å². The highest BCUT2D eigenvalue weighted by molar-refractivity contribution is 6.99. The van der Waals surface area contributed by atoms with Crippen molar-refractivity contribution in [2.45, 2.75) is 74.6 Å². The van der Waals surface area contributed by atoms with E-state index < -0.39 is 60.9 Å². The van der Waals surface area contributed by atoms with Gasteiger partial charge in [0.05, 0.1) is 12.3 Å². The van der Waals surface area contributed by atoms with Crippen LogP contribution in [0.4, 0.5) is 15.9 Å². The number of amides is 1. The van der Waals surface area contributed by atoms with Crippen LogP contribution in [0.3, 0.4) is 0 Å². The van der Waals surface area contributed by atoms with E-state index in [1.165, 1.54) is 10.6 Å².